The molecule has 2 aliphatic carbocycles. The molecule has 6 aliphatic rings. The van der Waals surface area contributed by atoms with Gasteiger partial charge < -0.3 is 39.8 Å². The van der Waals surface area contributed by atoms with Crippen LogP contribution < -0.4 is 20.4 Å². The number of esters is 1. The van der Waals surface area contributed by atoms with Crippen LogP contribution in [0, 0.1) is 0 Å². The highest BCUT2D eigenvalue weighted by atomic mass is 32.1. The minimum absolute atomic E-state index is 0.240. The Hall–Kier alpha value is -4.98. The molecular formula is C53H70N8O8S2. The van der Waals surface area contributed by atoms with E-state index in [1.165, 1.54) is 7.11 Å². The van der Waals surface area contributed by atoms with Gasteiger partial charge in [-0.1, -0.05) is 62.8 Å². The highest BCUT2D eigenvalue weighted by molar-refractivity contribution is 7.14. The van der Waals surface area contributed by atoms with Crippen molar-refractivity contribution in [3.05, 3.63) is 70.4 Å². The molecule has 382 valence electrons. The maximum atomic E-state index is 13.0. The Kier molecular flexibility index (Phi) is 17.0. The lowest BCUT2D eigenvalue weighted by molar-refractivity contribution is -0.149. The minimum atomic E-state index is -1.15. The first-order valence-electron chi connectivity index (χ1n) is 25.8. The van der Waals surface area contributed by atoms with Crippen LogP contribution in [0.25, 0.3) is 22.5 Å². The molecule has 0 radical (unpaired) electrons. The number of rotatable bonds is 12. The van der Waals surface area contributed by atoms with Crippen LogP contribution in [0.3, 0.4) is 0 Å². The first-order valence-corrected chi connectivity index (χ1v) is 27.6. The number of hydrogen-bond acceptors (Lipinski definition) is 15. The van der Waals surface area contributed by atoms with E-state index in [1.807, 2.05) is 36.4 Å². The third-order valence-electron chi connectivity index (χ3n) is 15.6. The van der Waals surface area contributed by atoms with Gasteiger partial charge in [-0.05, 0) is 75.6 Å². The maximum Gasteiger partial charge on any atom is 0.331 e. The van der Waals surface area contributed by atoms with E-state index in [2.05, 4.69) is 41.0 Å². The monoisotopic (exact) mass is 1010 g/mol. The van der Waals surface area contributed by atoms with Gasteiger partial charge in [-0.3, -0.25) is 19.4 Å². The van der Waals surface area contributed by atoms with Crippen molar-refractivity contribution >= 4 is 56.7 Å². The molecule has 0 unspecified atom stereocenters. The Morgan fingerprint density at radius 3 is 1.34 bits per heavy atom. The number of nitrogens with zero attached hydrogens (tertiary/aromatic N) is 6. The summed E-state index contributed by atoms with van der Waals surface area (Å²) in [5.41, 5.74) is 2.72. The van der Waals surface area contributed by atoms with Crippen molar-refractivity contribution in [3.63, 3.8) is 0 Å². The quantitative estimate of drug-likeness (QED) is 0.120. The molecule has 4 saturated heterocycles. The lowest BCUT2D eigenvalue weighted by Gasteiger charge is -2.40. The van der Waals surface area contributed by atoms with Crippen LogP contribution in [-0.2, 0) is 23.8 Å². The molecule has 71 heavy (non-hydrogen) atoms. The lowest BCUT2D eigenvalue weighted by atomic mass is 9.81. The van der Waals surface area contributed by atoms with Gasteiger partial charge in [-0.15, -0.1) is 22.7 Å². The predicted octanol–water partition coefficient (Wildman–Crippen LogP) is 7.35. The lowest BCUT2D eigenvalue weighted by Crippen LogP contribution is -2.56. The summed E-state index contributed by atoms with van der Waals surface area (Å²) in [6.07, 6.45) is 12.4. The van der Waals surface area contributed by atoms with Crippen LogP contribution in [0.1, 0.15) is 111 Å². The van der Waals surface area contributed by atoms with Gasteiger partial charge in [0.05, 0.1) is 44.9 Å². The number of aliphatic carboxylic acids is 1. The van der Waals surface area contributed by atoms with Gasteiger partial charge in [0.1, 0.15) is 11.1 Å². The van der Waals surface area contributed by atoms with E-state index >= 15 is 0 Å². The third-order valence-corrected chi connectivity index (χ3v) is 17.4. The van der Waals surface area contributed by atoms with Gasteiger partial charge in [-0.25, -0.2) is 19.6 Å². The molecular weight excluding hydrogens is 941 g/mol. The zero-order chi connectivity index (χ0) is 49.2. The summed E-state index contributed by atoms with van der Waals surface area (Å²) >= 11 is 3.34. The number of ether oxygens (including phenoxy) is 3. The van der Waals surface area contributed by atoms with Crippen LogP contribution in [-0.4, -0.2) is 158 Å². The normalized spacial score (nSPS) is 21.4. The molecule has 16 nitrogen and oxygen atoms in total. The van der Waals surface area contributed by atoms with Crippen LogP contribution in [0.5, 0.6) is 0 Å². The molecule has 10 rings (SSSR count). The van der Waals surface area contributed by atoms with Crippen molar-refractivity contribution in [2.45, 2.75) is 113 Å². The van der Waals surface area contributed by atoms with Crippen molar-refractivity contribution in [1.82, 2.24) is 30.4 Å². The molecule has 4 aliphatic heterocycles. The van der Waals surface area contributed by atoms with Crippen LogP contribution in [0.15, 0.2) is 59.3 Å². The predicted molar refractivity (Wildman–Crippen MR) is 277 cm³/mol. The summed E-state index contributed by atoms with van der Waals surface area (Å²) < 4.78 is 16.0. The van der Waals surface area contributed by atoms with Gasteiger partial charge in [0, 0.05) is 97.5 Å². The number of aromatic nitrogens is 2. The van der Waals surface area contributed by atoms with Crippen LogP contribution in [0.4, 0.5) is 10.3 Å². The molecule has 2 saturated carbocycles. The summed E-state index contributed by atoms with van der Waals surface area (Å²) in [7, 11) is 1.38. The highest BCUT2D eigenvalue weighted by Gasteiger charge is 2.43. The smallest absolute Gasteiger partial charge is 0.331 e. The van der Waals surface area contributed by atoms with E-state index in [0.29, 0.717) is 48.9 Å². The zero-order valence-corrected chi connectivity index (χ0v) is 42.8. The zero-order valence-electron chi connectivity index (χ0n) is 41.1. The number of carboxylic acid groups (broad SMARTS) is 1. The van der Waals surface area contributed by atoms with Crippen molar-refractivity contribution in [3.8, 4) is 22.5 Å². The number of methoxy groups -OCH3 is 1. The van der Waals surface area contributed by atoms with E-state index < -0.39 is 17.0 Å². The topological polar surface area (TPSA) is 179 Å². The molecule has 4 aromatic rings. The van der Waals surface area contributed by atoms with Crippen LogP contribution in [0.2, 0.25) is 0 Å². The van der Waals surface area contributed by atoms with Crippen molar-refractivity contribution < 1.29 is 38.5 Å². The number of morpholine rings is 2. The summed E-state index contributed by atoms with van der Waals surface area (Å²) in [5.74, 6) is -1.86. The third kappa shape index (κ3) is 12.3. The SMILES string of the molecule is COC(=O)C1(NC(=O)c2ccc(-c3csc(N4CCC(N5CCOCC5)CC4)n3)cc2)CCCCC1.O=C(NC1(C(=O)O)CCCCC1)c1ccc(-c2csc(N3CCC(N4CCOCC4)CC3)n2)cc1. The summed E-state index contributed by atoms with van der Waals surface area (Å²) in [6.45, 7) is 11.6. The van der Waals surface area contributed by atoms with Crippen molar-refractivity contribution in [1.29, 1.82) is 0 Å². The Bertz CT molecular complexity index is 2390. The molecule has 2 aromatic carbocycles. The fourth-order valence-corrected chi connectivity index (χ4v) is 13.0. The van der Waals surface area contributed by atoms with E-state index in [9.17, 15) is 24.3 Å². The second-order valence-electron chi connectivity index (χ2n) is 19.9. The molecule has 0 atom stereocenters. The number of benzene rings is 2. The number of thiazole rings is 2. The average molecular weight is 1010 g/mol. The number of anilines is 2. The van der Waals surface area contributed by atoms with E-state index in [0.717, 1.165) is 176 Å². The number of hydrogen-bond donors (Lipinski definition) is 3. The fourth-order valence-electron chi connectivity index (χ4n) is 11.3. The second kappa shape index (κ2) is 23.7. The van der Waals surface area contributed by atoms with E-state index in [4.69, 9.17) is 24.2 Å². The molecule has 18 heteroatoms. The number of piperidine rings is 2. The van der Waals surface area contributed by atoms with Crippen LogP contribution >= 0.6 is 22.7 Å². The fraction of sp³-hybridized carbons (Fsp3) is 0.585. The largest absolute Gasteiger partial charge is 0.480 e. The summed E-state index contributed by atoms with van der Waals surface area (Å²) in [6, 6.07) is 16.1. The minimum Gasteiger partial charge on any atom is -0.480 e. The molecule has 6 heterocycles. The Morgan fingerprint density at radius 2 is 0.958 bits per heavy atom. The maximum absolute atomic E-state index is 13.0. The Labute approximate surface area is 425 Å². The average Bonchev–Trinajstić information content (AvgIpc) is 4.14. The number of carbonyl (C=O) groups excluding carboxylic acids is 3. The Balaban J connectivity index is 0.000000176. The first kappa shape index (κ1) is 50.9. The summed E-state index contributed by atoms with van der Waals surface area (Å²) in [4.78, 5) is 69.9. The molecule has 6 fully saturated rings. The second-order valence-corrected chi connectivity index (χ2v) is 21.6. The molecule has 2 aromatic heterocycles. The standard InChI is InChI=1S/C27H36N4O4S.C26H34N4O4S/c1-34-25(33)27(11-3-2-4-12-27)29-24(32)21-7-5-20(6-8-21)23-19-36-26(28-23)31-13-9-22(10-14-31)30-15-17-35-18-16-30;31-23(28-26(24(32)33)10-2-1-3-11-26)20-6-4-19(5-7-20)22-18-35-25(27-22)30-12-8-21(9-13-30)29-14-16-34-17-15-29/h5-8,19,22H,2-4,9-18H2,1H3,(H,29,32);4-7,18,21H,1-3,8-17H2,(H,28,31)(H,32,33). The number of carboxylic acids is 1. The van der Waals surface area contributed by atoms with Gasteiger partial charge in [0.25, 0.3) is 11.8 Å². The Morgan fingerprint density at radius 1 is 0.577 bits per heavy atom. The van der Waals surface area contributed by atoms with Gasteiger partial charge in [0.15, 0.2) is 10.3 Å². The molecule has 0 bridgehead atoms. The number of carbonyl (C=O) groups is 4. The van der Waals surface area contributed by atoms with Gasteiger partial charge in [-0.2, -0.15) is 0 Å². The highest BCUT2D eigenvalue weighted by Crippen LogP contribution is 2.34. The van der Waals surface area contributed by atoms with Crippen molar-refractivity contribution in [2.24, 2.45) is 0 Å². The van der Waals surface area contributed by atoms with Crippen molar-refractivity contribution in [2.75, 3.05) is 95.7 Å². The number of nitrogens with one attached hydrogen (secondary N) is 2. The first-order chi connectivity index (χ1) is 34.6. The number of amides is 2. The summed E-state index contributed by atoms with van der Waals surface area (Å²) in [5, 5.41) is 21.8. The molecule has 0 spiro atoms. The molecule has 3 N–H and O–H groups in total. The molecule has 2 amide bonds. The van der Waals surface area contributed by atoms with E-state index in [-0.39, 0.29) is 17.8 Å². The van der Waals surface area contributed by atoms with Gasteiger partial charge >= 0.3 is 11.9 Å². The van der Waals surface area contributed by atoms with Gasteiger partial charge in [0.2, 0.25) is 0 Å². The van der Waals surface area contributed by atoms with E-state index in [1.54, 1.807) is 34.8 Å².